The van der Waals surface area contributed by atoms with Gasteiger partial charge in [-0.3, -0.25) is 20.2 Å². The first-order chi connectivity index (χ1) is 9.49. The van der Waals surface area contributed by atoms with E-state index in [0.29, 0.717) is 0 Å². The van der Waals surface area contributed by atoms with Crippen LogP contribution in [0.15, 0.2) is 40.6 Å². The molecule has 0 saturated heterocycles. The third-order valence-electron chi connectivity index (χ3n) is 2.19. The summed E-state index contributed by atoms with van der Waals surface area (Å²) >= 11 is 0.917. The van der Waals surface area contributed by atoms with Gasteiger partial charge in [0.1, 0.15) is 0 Å². The van der Waals surface area contributed by atoms with E-state index in [2.05, 4.69) is 9.97 Å². The van der Waals surface area contributed by atoms with Crippen LogP contribution in [0.25, 0.3) is 0 Å². The van der Waals surface area contributed by atoms with Crippen LogP contribution in [-0.4, -0.2) is 24.9 Å². The van der Waals surface area contributed by atoms with Crippen molar-refractivity contribution in [3.63, 3.8) is 0 Å². The summed E-state index contributed by atoms with van der Waals surface area (Å²) in [6.07, 6.45) is 2.94. The monoisotopic (exact) mass is 294 g/mol. The van der Waals surface area contributed by atoms with Gasteiger partial charge in [-0.1, -0.05) is 0 Å². The molecule has 0 saturated carbocycles. The van der Waals surface area contributed by atoms with Gasteiger partial charge in [0.05, 0.1) is 9.85 Å². The number of nitro benzene ring substituents is 2. The minimum atomic E-state index is -0.974. The second kappa shape index (κ2) is 5.48. The number of hydrogen-bond acceptors (Lipinski definition) is 8. The Balaban J connectivity index is 2.49. The van der Waals surface area contributed by atoms with E-state index in [-0.39, 0.29) is 10.1 Å². The Hall–Kier alpha value is -2.75. The van der Waals surface area contributed by atoms with Crippen molar-refractivity contribution in [3.8, 4) is 5.75 Å². The van der Waals surface area contributed by atoms with Crippen LogP contribution >= 0.6 is 11.8 Å². The molecule has 20 heavy (non-hydrogen) atoms. The van der Waals surface area contributed by atoms with E-state index in [9.17, 15) is 25.3 Å². The molecule has 1 aromatic carbocycles. The number of aromatic nitrogens is 2. The second-order valence-electron chi connectivity index (χ2n) is 3.46. The summed E-state index contributed by atoms with van der Waals surface area (Å²) in [5.41, 5.74) is -1.48. The van der Waals surface area contributed by atoms with E-state index in [1.807, 2.05) is 0 Å². The summed E-state index contributed by atoms with van der Waals surface area (Å²) in [4.78, 5) is 27.8. The first-order valence-corrected chi connectivity index (χ1v) is 5.91. The van der Waals surface area contributed by atoms with Crippen LogP contribution in [0.4, 0.5) is 11.4 Å². The number of nitrogens with zero attached hydrogens (tertiary/aromatic N) is 4. The highest BCUT2D eigenvalue weighted by Gasteiger charge is 2.26. The second-order valence-corrected chi connectivity index (χ2v) is 4.50. The van der Waals surface area contributed by atoms with Crippen LogP contribution < -0.4 is 0 Å². The minimum absolute atomic E-state index is 0.187. The van der Waals surface area contributed by atoms with E-state index in [1.54, 1.807) is 6.07 Å². The molecule has 9 nitrogen and oxygen atoms in total. The van der Waals surface area contributed by atoms with Crippen LogP contribution in [0, 0.1) is 20.2 Å². The lowest BCUT2D eigenvalue weighted by molar-refractivity contribution is -0.396. The maximum absolute atomic E-state index is 10.8. The van der Waals surface area contributed by atoms with Gasteiger partial charge in [0.2, 0.25) is 0 Å². The van der Waals surface area contributed by atoms with Crippen LogP contribution in [0.3, 0.4) is 0 Å². The predicted molar refractivity (Wildman–Crippen MR) is 67.6 cm³/mol. The van der Waals surface area contributed by atoms with Gasteiger partial charge in [-0.2, -0.15) is 0 Å². The quantitative estimate of drug-likeness (QED) is 0.515. The maximum atomic E-state index is 10.8. The normalized spacial score (nSPS) is 10.2. The molecule has 0 radical (unpaired) electrons. The van der Waals surface area contributed by atoms with Crippen molar-refractivity contribution in [1.82, 2.24) is 9.97 Å². The Labute approximate surface area is 115 Å². The molecule has 0 aliphatic heterocycles. The molecule has 0 spiro atoms. The average molecular weight is 294 g/mol. The van der Waals surface area contributed by atoms with Crippen molar-refractivity contribution in [2.75, 3.05) is 0 Å². The van der Waals surface area contributed by atoms with Gasteiger partial charge < -0.3 is 5.11 Å². The Kier molecular flexibility index (Phi) is 3.75. The van der Waals surface area contributed by atoms with Crippen LogP contribution in [0.1, 0.15) is 0 Å². The zero-order valence-corrected chi connectivity index (χ0v) is 10.5. The fourth-order valence-corrected chi connectivity index (χ4v) is 2.14. The highest BCUT2D eigenvalue weighted by molar-refractivity contribution is 7.99. The summed E-state index contributed by atoms with van der Waals surface area (Å²) in [6.45, 7) is 0. The predicted octanol–water partition coefficient (Wildman–Crippen LogP) is 2.15. The molecule has 0 unspecified atom stereocenters. The summed E-state index contributed by atoms with van der Waals surface area (Å²) < 4.78 is 0. The molecular formula is C10H6N4O5S. The van der Waals surface area contributed by atoms with E-state index in [1.165, 1.54) is 12.4 Å². The number of hydrogen-bond donors (Lipinski definition) is 1. The molecule has 1 heterocycles. The third-order valence-corrected chi connectivity index (χ3v) is 3.05. The molecule has 0 bridgehead atoms. The number of aromatic hydroxyl groups is 1. The van der Waals surface area contributed by atoms with E-state index in [4.69, 9.17) is 0 Å². The summed E-state index contributed by atoms with van der Waals surface area (Å²) in [7, 11) is 0. The van der Waals surface area contributed by atoms with Crippen molar-refractivity contribution >= 4 is 23.1 Å². The zero-order valence-electron chi connectivity index (χ0n) is 9.66. The van der Waals surface area contributed by atoms with Crippen molar-refractivity contribution in [1.29, 1.82) is 0 Å². The standard InChI is InChI=1S/C10H6N4O5S/c15-9-7(13(16)17)4-6(5-8(9)14(18)19)20-10-11-2-1-3-12-10/h1-5,15H. The Bertz CT molecular complexity index is 644. The summed E-state index contributed by atoms with van der Waals surface area (Å²) in [5.74, 6) is -0.974. The molecule has 0 amide bonds. The third kappa shape index (κ3) is 2.80. The lowest BCUT2D eigenvalue weighted by Gasteiger charge is -2.02. The Morgan fingerprint density at radius 3 is 2.00 bits per heavy atom. The van der Waals surface area contributed by atoms with Crippen molar-refractivity contribution in [3.05, 3.63) is 50.8 Å². The highest BCUT2D eigenvalue weighted by Crippen LogP contribution is 2.40. The van der Waals surface area contributed by atoms with Crippen LogP contribution in [0.2, 0.25) is 0 Å². The van der Waals surface area contributed by atoms with Gasteiger partial charge in [0, 0.05) is 29.4 Å². The first-order valence-electron chi connectivity index (χ1n) is 5.09. The molecule has 1 aromatic heterocycles. The first kappa shape index (κ1) is 13.7. The lowest BCUT2D eigenvalue weighted by atomic mass is 10.2. The SMILES string of the molecule is O=[N+]([O-])c1cc(Sc2ncccn2)cc([N+](=O)[O-])c1O. The molecule has 0 atom stereocenters. The number of nitro groups is 2. The fraction of sp³-hybridized carbons (Fsp3) is 0. The molecular weight excluding hydrogens is 288 g/mol. The molecule has 102 valence electrons. The Morgan fingerprint density at radius 1 is 1.05 bits per heavy atom. The van der Waals surface area contributed by atoms with Crippen LogP contribution in [0.5, 0.6) is 5.75 Å². The van der Waals surface area contributed by atoms with E-state index >= 15 is 0 Å². The molecule has 1 N–H and O–H groups in total. The molecule has 0 fully saturated rings. The minimum Gasteiger partial charge on any atom is -0.497 e. The van der Waals surface area contributed by atoms with Crippen molar-refractivity contribution < 1.29 is 15.0 Å². The topological polar surface area (TPSA) is 132 Å². The number of rotatable bonds is 4. The van der Waals surface area contributed by atoms with E-state index in [0.717, 1.165) is 23.9 Å². The fourth-order valence-electron chi connectivity index (χ4n) is 1.36. The maximum Gasteiger partial charge on any atom is 0.319 e. The summed E-state index contributed by atoms with van der Waals surface area (Å²) in [6, 6.07) is 3.65. The van der Waals surface area contributed by atoms with Gasteiger partial charge in [-0.15, -0.1) is 0 Å². The highest BCUT2D eigenvalue weighted by atomic mass is 32.2. The lowest BCUT2D eigenvalue weighted by Crippen LogP contribution is -1.95. The molecule has 10 heteroatoms. The van der Waals surface area contributed by atoms with Gasteiger partial charge in [0.15, 0.2) is 5.16 Å². The Morgan fingerprint density at radius 2 is 1.55 bits per heavy atom. The number of phenols is 1. The van der Waals surface area contributed by atoms with Gasteiger partial charge in [-0.25, -0.2) is 9.97 Å². The van der Waals surface area contributed by atoms with Gasteiger partial charge in [-0.05, 0) is 17.8 Å². The van der Waals surface area contributed by atoms with E-state index < -0.39 is 27.0 Å². The molecule has 2 rings (SSSR count). The van der Waals surface area contributed by atoms with Gasteiger partial charge >= 0.3 is 11.4 Å². The largest absolute Gasteiger partial charge is 0.497 e. The summed E-state index contributed by atoms with van der Waals surface area (Å²) in [5, 5.41) is 31.3. The molecule has 0 aliphatic carbocycles. The number of benzene rings is 1. The van der Waals surface area contributed by atoms with Crippen LogP contribution in [-0.2, 0) is 0 Å². The van der Waals surface area contributed by atoms with Crippen molar-refractivity contribution in [2.24, 2.45) is 0 Å². The van der Waals surface area contributed by atoms with Gasteiger partial charge in [0.25, 0.3) is 5.75 Å². The smallest absolute Gasteiger partial charge is 0.319 e. The zero-order chi connectivity index (χ0) is 14.7. The molecule has 0 aliphatic rings. The average Bonchev–Trinajstić information content (AvgIpc) is 2.41. The number of phenolic OH excluding ortho intramolecular Hbond substituents is 1. The van der Waals surface area contributed by atoms with Crippen molar-refractivity contribution in [2.45, 2.75) is 10.1 Å². The molecule has 2 aromatic rings.